The van der Waals surface area contributed by atoms with Crippen molar-refractivity contribution in [3.63, 3.8) is 0 Å². The molecule has 28 heavy (non-hydrogen) atoms. The molecule has 0 unspecified atom stereocenters. The highest BCUT2D eigenvalue weighted by Gasteiger charge is 2.58. The number of esters is 1. The van der Waals surface area contributed by atoms with E-state index in [0.717, 1.165) is 11.1 Å². The summed E-state index contributed by atoms with van der Waals surface area (Å²) in [6.45, 7) is 7.74. The Bertz CT molecular complexity index is 893. The van der Waals surface area contributed by atoms with Gasteiger partial charge in [0.1, 0.15) is 23.2 Å². The van der Waals surface area contributed by atoms with Gasteiger partial charge in [0.05, 0.1) is 6.42 Å². The van der Waals surface area contributed by atoms with E-state index in [4.69, 9.17) is 4.74 Å². The lowest BCUT2D eigenvalue weighted by Crippen LogP contribution is -2.70. The second-order valence-corrected chi connectivity index (χ2v) is 8.91. The van der Waals surface area contributed by atoms with E-state index in [9.17, 15) is 14.4 Å². The number of cyclic esters (lactones) is 1. The zero-order chi connectivity index (χ0) is 20.1. The molecule has 7 heteroatoms. The summed E-state index contributed by atoms with van der Waals surface area (Å²) in [5, 5.41) is 2.55. The Kier molecular flexibility index (Phi) is 4.57. The molecular weight excluding hydrogens is 376 g/mol. The fourth-order valence-corrected chi connectivity index (χ4v) is 5.15. The third-order valence-corrected chi connectivity index (χ3v) is 6.76. The molecule has 1 saturated heterocycles. The number of hydrogen-bond donors (Lipinski definition) is 1. The van der Waals surface area contributed by atoms with Gasteiger partial charge in [-0.05, 0) is 5.56 Å². The summed E-state index contributed by atoms with van der Waals surface area (Å²) >= 11 is 1.55. The SMILES string of the molecule is C=CC(C)(C)[C@@H]1OC(=O)C2=C1CS[C@@H]1[C@H](NC(=O)Cc3ccccc3)C(=O)N21. The van der Waals surface area contributed by atoms with Gasteiger partial charge in [0.15, 0.2) is 0 Å². The van der Waals surface area contributed by atoms with Crippen molar-refractivity contribution in [3.05, 3.63) is 59.8 Å². The number of nitrogens with zero attached hydrogens (tertiary/aromatic N) is 1. The van der Waals surface area contributed by atoms with Crippen molar-refractivity contribution >= 4 is 29.5 Å². The topological polar surface area (TPSA) is 75.7 Å². The van der Waals surface area contributed by atoms with Crippen LogP contribution in [0.15, 0.2) is 54.3 Å². The van der Waals surface area contributed by atoms with E-state index in [1.807, 2.05) is 44.2 Å². The lowest BCUT2D eigenvalue weighted by atomic mass is 9.83. The Labute approximate surface area is 168 Å². The first-order valence-corrected chi connectivity index (χ1v) is 10.2. The monoisotopic (exact) mass is 398 g/mol. The molecule has 146 valence electrons. The number of β-lactam (4-membered cyclic amide) rings is 1. The van der Waals surface area contributed by atoms with Crippen LogP contribution < -0.4 is 5.32 Å². The number of carbonyl (C=O) groups is 3. The number of rotatable bonds is 5. The van der Waals surface area contributed by atoms with Gasteiger partial charge in [-0.15, -0.1) is 18.3 Å². The van der Waals surface area contributed by atoms with Crippen LogP contribution in [0, 0.1) is 5.41 Å². The molecule has 0 radical (unpaired) electrons. The molecular formula is C21H22N2O4S. The minimum atomic E-state index is -0.616. The van der Waals surface area contributed by atoms with Crippen LogP contribution in [-0.4, -0.2) is 46.0 Å². The van der Waals surface area contributed by atoms with Crippen LogP contribution in [0.25, 0.3) is 0 Å². The molecule has 3 heterocycles. The molecule has 4 rings (SSSR count). The van der Waals surface area contributed by atoms with Crippen molar-refractivity contribution in [1.82, 2.24) is 10.2 Å². The van der Waals surface area contributed by atoms with Crippen molar-refractivity contribution in [2.75, 3.05) is 5.75 Å². The molecule has 1 aromatic rings. The number of thioether (sulfide) groups is 1. The Morgan fingerprint density at radius 1 is 1.36 bits per heavy atom. The summed E-state index contributed by atoms with van der Waals surface area (Å²) in [6.07, 6.45) is 1.57. The predicted octanol–water partition coefficient (Wildman–Crippen LogP) is 2.02. The average Bonchev–Trinajstić information content (AvgIpc) is 3.03. The maximum Gasteiger partial charge on any atom is 0.355 e. The van der Waals surface area contributed by atoms with Crippen molar-refractivity contribution in [1.29, 1.82) is 0 Å². The minimum absolute atomic E-state index is 0.204. The van der Waals surface area contributed by atoms with E-state index in [1.54, 1.807) is 17.8 Å². The quantitative estimate of drug-likeness (QED) is 0.467. The van der Waals surface area contributed by atoms with Crippen molar-refractivity contribution in [2.24, 2.45) is 5.41 Å². The first kappa shape index (κ1) is 18.8. The fraction of sp³-hybridized carbons (Fsp3) is 0.381. The fourth-order valence-electron chi connectivity index (χ4n) is 3.78. The summed E-state index contributed by atoms with van der Waals surface area (Å²) in [7, 11) is 0. The van der Waals surface area contributed by atoms with Crippen molar-refractivity contribution in [2.45, 2.75) is 37.8 Å². The normalized spacial score (nSPS) is 26.2. The largest absolute Gasteiger partial charge is 0.452 e. The lowest BCUT2D eigenvalue weighted by molar-refractivity contribution is -0.152. The summed E-state index contributed by atoms with van der Waals surface area (Å²) in [5.41, 5.74) is 1.65. The van der Waals surface area contributed by atoms with Crippen LogP contribution in [0.4, 0.5) is 0 Å². The zero-order valence-electron chi connectivity index (χ0n) is 15.8. The summed E-state index contributed by atoms with van der Waals surface area (Å²) in [6, 6.07) is 8.76. The number of ether oxygens (including phenoxy) is 1. The van der Waals surface area contributed by atoms with Crippen LogP contribution in [-0.2, 0) is 25.5 Å². The van der Waals surface area contributed by atoms with Crippen LogP contribution in [0.2, 0.25) is 0 Å². The lowest BCUT2D eigenvalue weighted by Gasteiger charge is -2.48. The molecule has 0 bridgehead atoms. The van der Waals surface area contributed by atoms with Crippen LogP contribution in [0.3, 0.4) is 0 Å². The second kappa shape index (κ2) is 6.81. The molecule has 0 spiro atoms. The third-order valence-electron chi connectivity index (χ3n) is 5.46. The second-order valence-electron chi connectivity index (χ2n) is 7.80. The first-order valence-electron chi connectivity index (χ1n) is 9.19. The first-order chi connectivity index (χ1) is 13.3. The smallest absolute Gasteiger partial charge is 0.355 e. The van der Waals surface area contributed by atoms with E-state index in [2.05, 4.69) is 11.9 Å². The highest BCUT2D eigenvalue weighted by Crippen LogP contribution is 2.47. The molecule has 0 aromatic heterocycles. The molecule has 1 fully saturated rings. The Hall–Kier alpha value is -2.54. The van der Waals surface area contributed by atoms with E-state index >= 15 is 0 Å². The van der Waals surface area contributed by atoms with Gasteiger partial charge in [0.25, 0.3) is 5.91 Å². The Morgan fingerprint density at radius 3 is 2.75 bits per heavy atom. The summed E-state index contributed by atoms with van der Waals surface area (Å²) in [4.78, 5) is 39.0. The van der Waals surface area contributed by atoms with E-state index in [0.29, 0.717) is 11.4 Å². The number of hydrogen-bond acceptors (Lipinski definition) is 5. The number of fused-ring (bicyclic) bond motifs is 2. The molecule has 3 aliphatic rings. The zero-order valence-corrected chi connectivity index (χ0v) is 16.6. The minimum Gasteiger partial charge on any atom is -0.452 e. The van der Waals surface area contributed by atoms with Crippen molar-refractivity contribution in [3.8, 4) is 0 Å². The van der Waals surface area contributed by atoms with E-state index in [1.165, 1.54) is 4.90 Å². The van der Waals surface area contributed by atoms with E-state index < -0.39 is 23.5 Å². The number of amides is 2. The standard InChI is InChI=1S/C21H22N2O4S/c1-4-21(2,3)17-13-11-28-19-15(18(25)23(19)16(13)20(26)27-17)22-14(24)10-12-8-6-5-7-9-12/h4-9,15,17,19H,1,10-11H2,2-3H3,(H,22,24)/t15-,17-,19-/m1/s1. The van der Waals surface area contributed by atoms with Crippen LogP contribution in [0.1, 0.15) is 19.4 Å². The summed E-state index contributed by atoms with van der Waals surface area (Å²) in [5.74, 6) is -0.352. The highest BCUT2D eigenvalue weighted by molar-refractivity contribution is 8.00. The molecule has 2 amide bonds. The number of nitrogens with one attached hydrogen (secondary N) is 1. The molecule has 0 saturated carbocycles. The molecule has 6 nitrogen and oxygen atoms in total. The van der Waals surface area contributed by atoms with Gasteiger partial charge in [-0.1, -0.05) is 50.3 Å². The van der Waals surface area contributed by atoms with Crippen molar-refractivity contribution < 1.29 is 19.1 Å². The maximum absolute atomic E-state index is 12.7. The summed E-state index contributed by atoms with van der Waals surface area (Å²) < 4.78 is 5.58. The van der Waals surface area contributed by atoms with Gasteiger partial charge in [-0.3, -0.25) is 14.5 Å². The molecule has 1 aromatic carbocycles. The van der Waals surface area contributed by atoms with Gasteiger partial charge in [0.2, 0.25) is 5.91 Å². The number of carbonyl (C=O) groups excluding carboxylic acids is 3. The maximum atomic E-state index is 12.7. The predicted molar refractivity (Wildman–Crippen MR) is 106 cm³/mol. The molecule has 0 aliphatic carbocycles. The highest BCUT2D eigenvalue weighted by atomic mass is 32.2. The Balaban J connectivity index is 1.49. The molecule has 3 atom stereocenters. The van der Waals surface area contributed by atoms with Crippen LogP contribution >= 0.6 is 11.8 Å². The van der Waals surface area contributed by atoms with Gasteiger partial charge < -0.3 is 10.1 Å². The Morgan fingerprint density at radius 2 is 2.07 bits per heavy atom. The van der Waals surface area contributed by atoms with Gasteiger partial charge in [0, 0.05) is 16.7 Å². The van der Waals surface area contributed by atoms with Gasteiger partial charge in [-0.25, -0.2) is 4.79 Å². The molecule has 3 aliphatic heterocycles. The van der Waals surface area contributed by atoms with Gasteiger partial charge in [-0.2, -0.15) is 0 Å². The average molecular weight is 398 g/mol. The molecule has 1 N–H and O–H groups in total. The number of benzene rings is 1. The van der Waals surface area contributed by atoms with Gasteiger partial charge >= 0.3 is 5.97 Å². The van der Waals surface area contributed by atoms with E-state index in [-0.39, 0.29) is 23.6 Å². The van der Waals surface area contributed by atoms with Crippen LogP contribution in [0.5, 0.6) is 0 Å². The third kappa shape index (κ3) is 2.94.